The van der Waals surface area contributed by atoms with Gasteiger partial charge in [0.05, 0.1) is 11.8 Å². The average molecular weight is 308 g/mol. The molecule has 1 aromatic heterocycles. The molecule has 22 heavy (non-hydrogen) atoms. The lowest BCUT2D eigenvalue weighted by atomic mass is 10.2. The second-order valence-corrected chi connectivity index (χ2v) is 5.64. The molecule has 1 aromatic rings. The van der Waals surface area contributed by atoms with Crippen LogP contribution in [0.1, 0.15) is 63.2 Å². The van der Waals surface area contributed by atoms with E-state index in [1.807, 2.05) is 13.8 Å². The van der Waals surface area contributed by atoms with Gasteiger partial charge in [0.1, 0.15) is 6.26 Å². The first-order valence-corrected chi connectivity index (χ1v) is 8.19. The Hall–Kier alpha value is -1.78. The lowest BCUT2D eigenvalue weighted by Crippen LogP contribution is -2.38. The van der Waals surface area contributed by atoms with Gasteiger partial charge in [0.25, 0.3) is 5.91 Å². The quantitative estimate of drug-likeness (QED) is 0.675. The first kappa shape index (κ1) is 18.3. The summed E-state index contributed by atoms with van der Waals surface area (Å²) in [6.45, 7) is 7.25. The summed E-state index contributed by atoms with van der Waals surface area (Å²) in [5, 5.41) is 2.93. The van der Waals surface area contributed by atoms with Crippen LogP contribution in [0.2, 0.25) is 0 Å². The van der Waals surface area contributed by atoms with Crippen LogP contribution in [0.3, 0.4) is 0 Å². The Labute approximate surface area is 133 Å². The van der Waals surface area contributed by atoms with Gasteiger partial charge < -0.3 is 14.6 Å². The molecule has 0 aliphatic heterocycles. The highest BCUT2D eigenvalue weighted by Gasteiger charge is 2.17. The van der Waals surface area contributed by atoms with E-state index in [9.17, 15) is 9.59 Å². The maximum atomic E-state index is 12.4. The minimum Gasteiger partial charge on any atom is -0.472 e. The normalized spacial score (nSPS) is 12.0. The molecule has 5 nitrogen and oxygen atoms in total. The molecule has 124 valence electrons. The van der Waals surface area contributed by atoms with Crippen LogP contribution in [-0.2, 0) is 4.79 Å². The molecule has 0 radical (unpaired) electrons. The second kappa shape index (κ2) is 10.0. The number of hydrogen-bond donors (Lipinski definition) is 1. The molecule has 0 aromatic carbocycles. The summed E-state index contributed by atoms with van der Waals surface area (Å²) in [4.78, 5) is 26.1. The minimum atomic E-state index is -0.0683. The van der Waals surface area contributed by atoms with Gasteiger partial charge in [0, 0.05) is 25.6 Å². The first-order valence-electron chi connectivity index (χ1n) is 8.19. The van der Waals surface area contributed by atoms with Crippen molar-refractivity contribution in [3.63, 3.8) is 0 Å². The monoisotopic (exact) mass is 308 g/mol. The van der Waals surface area contributed by atoms with Gasteiger partial charge in [-0.1, -0.05) is 26.7 Å². The Morgan fingerprint density at radius 2 is 2.05 bits per heavy atom. The van der Waals surface area contributed by atoms with E-state index in [-0.39, 0.29) is 17.9 Å². The summed E-state index contributed by atoms with van der Waals surface area (Å²) in [7, 11) is 0. The van der Waals surface area contributed by atoms with Gasteiger partial charge in [-0.15, -0.1) is 0 Å². The van der Waals surface area contributed by atoms with Gasteiger partial charge in [-0.3, -0.25) is 9.59 Å². The van der Waals surface area contributed by atoms with Crippen LogP contribution in [0.4, 0.5) is 0 Å². The SMILES string of the molecule is CCCCCN(CCC(=O)NC(C)CC)C(=O)c1ccoc1. The maximum Gasteiger partial charge on any atom is 0.257 e. The van der Waals surface area contributed by atoms with Crippen LogP contribution in [0.25, 0.3) is 0 Å². The third-order valence-electron chi connectivity index (χ3n) is 3.72. The number of rotatable bonds is 10. The molecule has 1 atom stereocenters. The Kier molecular flexibility index (Phi) is 8.33. The third-order valence-corrected chi connectivity index (χ3v) is 3.72. The van der Waals surface area contributed by atoms with E-state index in [1.54, 1.807) is 11.0 Å². The van der Waals surface area contributed by atoms with Crippen molar-refractivity contribution in [3.8, 4) is 0 Å². The molecule has 0 aliphatic carbocycles. The van der Waals surface area contributed by atoms with E-state index in [0.717, 1.165) is 25.7 Å². The lowest BCUT2D eigenvalue weighted by molar-refractivity contribution is -0.121. The van der Waals surface area contributed by atoms with Crippen molar-refractivity contribution >= 4 is 11.8 Å². The molecule has 1 rings (SSSR count). The molecule has 1 N–H and O–H groups in total. The van der Waals surface area contributed by atoms with E-state index >= 15 is 0 Å². The number of carbonyl (C=O) groups excluding carboxylic acids is 2. The number of carbonyl (C=O) groups is 2. The number of hydrogen-bond acceptors (Lipinski definition) is 3. The Morgan fingerprint density at radius 1 is 1.27 bits per heavy atom. The summed E-state index contributed by atoms with van der Waals surface area (Å²) >= 11 is 0. The van der Waals surface area contributed by atoms with E-state index in [4.69, 9.17) is 4.42 Å². The Balaban J connectivity index is 2.54. The van der Waals surface area contributed by atoms with Crippen molar-refractivity contribution in [2.45, 2.75) is 58.9 Å². The molecule has 0 saturated heterocycles. The highest BCUT2D eigenvalue weighted by Crippen LogP contribution is 2.08. The fraction of sp³-hybridized carbons (Fsp3) is 0.647. The zero-order valence-corrected chi connectivity index (χ0v) is 13.9. The number of unbranched alkanes of at least 4 members (excludes halogenated alkanes) is 2. The largest absolute Gasteiger partial charge is 0.472 e. The van der Waals surface area contributed by atoms with Crippen molar-refractivity contribution in [2.24, 2.45) is 0 Å². The highest BCUT2D eigenvalue weighted by molar-refractivity contribution is 5.94. The van der Waals surface area contributed by atoms with E-state index in [2.05, 4.69) is 12.2 Å². The van der Waals surface area contributed by atoms with Crippen LogP contribution < -0.4 is 5.32 Å². The van der Waals surface area contributed by atoms with Crippen molar-refractivity contribution < 1.29 is 14.0 Å². The zero-order chi connectivity index (χ0) is 16.4. The van der Waals surface area contributed by atoms with E-state index in [1.165, 1.54) is 12.5 Å². The highest BCUT2D eigenvalue weighted by atomic mass is 16.3. The molecule has 1 unspecified atom stereocenters. The molecule has 5 heteroatoms. The Morgan fingerprint density at radius 3 is 2.64 bits per heavy atom. The third kappa shape index (κ3) is 6.33. The molecule has 1 heterocycles. The van der Waals surface area contributed by atoms with Gasteiger partial charge in [0.15, 0.2) is 0 Å². The van der Waals surface area contributed by atoms with Gasteiger partial charge >= 0.3 is 0 Å². The molecule has 0 spiro atoms. The smallest absolute Gasteiger partial charge is 0.257 e. The number of amides is 2. The molecule has 0 bridgehead atoms. The fourth-order valence-corrected chi connectivity index (χ4v) is 2.12. The van der Waals surface area contributed by atoms with Crippen LogP contribution >= 0.6 is 0 Å². The summed E-state index contributed by atoms with van der Waals surface area (Å²) in [6, 6.07) is 1.83. The lowest BCUT2D eigenvalue weighted by Gasteiger charge is -2.22. The van der Waals surface area contributed by atoms with Gasteiger partial charge in [-0.05, 0) is 25.8 Å². The van der Waals surface area contributed by atoms with Gasteiger partial charge in [-0.25, -0.2) is 0 Å². The predicted molar refractivity (Wildman–Crippen MR) is 86.6 cm³/mol. The molecular weight excluding hydrogens is 280 g/mol. The molecule has 0 aliphatic rings. The maximum absolute atomic E-state index is 12.4. The van der Waals surface area contributed by atoms with Crippen LogP contribution in [0.15, 0.2) is 23.0 Å². The van der Waals surface area contributed by atoms with Crippen LogP contribution in [0.5, 0.6) is 0 Å². The zero-order valence-electron chi connectivity index (χ0n) is 13.9. The van der Waals surface area contributed by atoms with Gasteiger partial charge in [0.2, 0.25) is 5.91 Å². The number of furan rings is 1. The molecule has 0 saturated carbocycles. The number of nitrogens with one attached hydrogen (secondary N) is 1. The number of nitrogens with zero attached hydrogens (tertiary/aromatic N) is 1. The molecule has 0 fully saturated rings. The summed E-state index contributed by atoms with van der Waals surface area (Å²) in [6.07, 6.45) is 7.31. The van der Waals surface area contributed by atoms with Crippen molar-refractivity contribution in [2.75, 3.05) is 13.1 Å². The molecule has 2 amide bonds. The molecular formula is C17H28N2O3. The van der Waals surface area contributed by atoms with E-state index < -0.39 is 0 Å². The summed E-state index contributed by atoms with van der Waals surface area (Å²) in [5.74, 6) is -0.0731. The van der Waals surface area contributed by atoms with E-state index in [0.29, 0.717) is 25.1 Å². The standard InChI is InChI=1S/C17H28N2O3/c1-4-6-7-10-19(17(21)15-9-12-22-13-15)11-8-16(20)18-14(3)5-2/h9,12-14H,4-8,10-11H2,1-3H3,(H,18,20). The summed E-state index contributed by atoms with van der Waals surface area (Å²) in [5.41, 5.74) is 0.541. The van der Waals surface area contributed by atoms with Crippen molar-refractivity contribution in [1.82, 2.24) is 10.2 Å². The topological polar surface area (TPSA) is 62.6 Å². The van der Waals surface area contributed by atoms with Crippen LogP contribution in [0, 0.1) is 0 Å². The minimum absolute atomic E-state index is 0.00478. The first-order chi connectivity index (χ1) is 10.6. The van der Waals surface area contributed by atoms with Gasteiger partial charge in [-0.2, -0.15) is 0 Å². The average Bonchev–Trinajstić information content (AvgIpc) is 3.04. The fourth-order valence-electron chi connectivity index (χ4n) is 2.12. The second-order valence-electron chi connectivity index (χ2n) is 5.64. The van der Waals surface area contributed by atoms with Crippen molar-refractivity contribution in [3.05, 3.63) is 24.2 Å². The summed E-state index contributed by atoms with van der Waals surface area (Å²) < 4.78 is 4.98. The van der Waals surface area contributed by atoms with Crippen molar-refractivity contribution in [1.29, 1.82) is 0 Å². The Bertz CT molecular complexity index is 443. The van der Waals surface area contributed by atoms with Crippen LogP contribution in [-0.4, -0.2) is 35.8 Å². The predicted octanol–water partition coefficient (Wildman–Crippen LogP) is 3.22.